The van der Waals surface area contributed by atoms with Crippen molar-refractivity contribution < 1.29 is 9.47 Å². The second-order valence-electron chi connectivity index (χ2n) is 8.30. The minimum Gasteiger partial charge on any atom is -0.493 e. The Bertz CT molecular complexity index is 1080. The molecule has 1 heterocycles. The number of thiocarbonyl (C=S) groups is 1. The summed E-state index contributed by atoms with van der Waals surface area (Å²) in [6, 6.07) is 19.4. The van der Waals surface area contributed by atoms with E-state index in [0.29, 0.717) is 22.5 Å². The third-order valence-electron chi connectivity index (χ3n) is 6.11. The van der Waals surface area contributed by atoms with Crippen LogP contribution < -0.4 is 20.1 Å². The van der Waals surface area contributed by atoms with Crippen LogP contribution in [0.5, 0.6) is 17.4 Å². The van der Waals surface area contributed by atoms with Gasteiger partial charge < -0.3 is 20.1 Å². The molecule has 1 aromatic heterocycles. The van der Waals surface area contributed by atoms with Crippen LogP contribution in [0.4, 0.5) is 5.69 Å². The molecule has 1 saturated carbocycles. The lowest BCUT2D eigenvalue weighted by Crippen LogP contribution is -2.43. The van der Waals surface area contributed by atoms with E-state index in [4.69, 9.17) is 33.3 Å². The topological polar surface area (TPSA) is 55.4 Å². The van der Waals surface area contributed by atoms with Gasteiger partial charge in [0.1, 0.15) is 0 Å². The predicted octanol–water partition coefficient (Wildman–Crippen LogP) is 6.72. The summed E-state index contributed by atoms with van der Waals surface area (Å²) in [5.41, 5.74) is 2.12. The molecular weight excluding hydrogens is 454 g/mol. The lowest BCUT2D eigenvalue weighted by Gasteiger charge is -2.38. The molecule has 0 radical (unpaired) electrons. The quantitative estimate of drug-likeness (QED) is 0.365. The standard InChI is InChI=1S/C26H28ClN3O2S/c1-31-22-10-3-4-11-23(22)32-24-13-12-21(17-28-24)30-25(33)29-18-26(14-5-2-6-15-26)19-8-7-9-20(27)16-19/h3-4,7-13,16-17H,2,5-6,14-15,18H2,1H3,(H2,29,30,33). The number of aromatic nitrogens is 1. The average Bonchev–Trinajstić information content (AvgIpc) is 2.85. The van der Waals surface area contributed by atoms with E-state index in [1.807, 2.05) is 42.5 Å². The van der Waals surface area contributed by atoms with Crippen LogP contribution in [-0.4, -0.2) is 23.8 Å². The Kier molecular flexibility index (Phi) is 7.68. The van der Waals surface area contributed by atoms with E-state index in [-0.39, 0.29) is 5.41 Å². The zero-order valence-electron chi connectivity index (χ0n) is 18.6. The van der Waals surface area contributed by atoms with Crippen LogP contribution in [0.1, 0.15) is 37.7 Å². The molecule has 0 amide bonds. The van der Waals surface area contributed by atoms with E-state index in [0.717, 1.165) is 30.1 Å². The lowest BCUT2D eigenvalue weighted by molar-refractivity contribution is 0.292. The first-order valence-electron chi connectivity index (χ1n) is 11.2. The molecule has 1 aliphatic carbocycles. The third kappa shape index (κ3) is 5.95. The van der Waals surface area contributed by atoms with E-state index >= 15 is 0 Å². The molecule has 1 fully saturated rings. The smallest absolute Gasteiger partial charge is 0.219 e. The van der Waals surface area contributed by atoms with Gasteiger partial charge in [0.15, 0.2) is 16.6 Å². The number of anilines is 1. The van der Waals surface area contributed by atoms with Crippen molar-refractivity contribution in [2.75, 3.05) is 19.0 Å². The van der Waals surface area contributed by atoms with Gasteiger partial charge in [-0.1, -0.05) is 55.1 Å². The van der Waals surface area contributed by atoms with Gasteiger partial charge in [0.05, 0.1) is 19.0 Å². The summed E-state index contributed by atoms with van der Waals surface area (Å²) in [5.74, 6) is 1.75. The number of benzene rings is 2. The number of nitrogens with one attached hydrogen (secondary N) is 2. The van der Waals surface area contributed by atoms with Gasteiger partial charge in [-0.05, 0) is 61.0 Å². The maximum atomic E-state index is 6.29. The highest BCUT2D eigenvalue weighted by Gasteiger charge is 2.34. The maximum Gasteiger partial charge on any atom is 0.219 e. The maximum absolute atomic E-state index is 6.29. The van der Waals surface area contributed by atoms with Crippen molar-refractivity contribution in [1.29, 1.82) is 0 Å². The molecule has 0 spiro atoms. The average molecular weight is 482 g/mol. The van der Waals surface area contributed by atoms with Crippen molar-refractivity contribution in [3.05, 3.63) is 77.4 Å². The van der Waals surface area contributed by atoms with Crippen molar-refractivity contribution in [3.63, 3.8) is 0 Å². The Labute approximate surface area is 205 Å². The van der Waals surface area contributed by atoms with Crippen molar-refractivity contribution in [2.24, 2.45) is 0 Å². The highest BCUT2D eigenvalue weighted by molar-refractivity contribution is 7.80. The van der Waals surface area contributed by atoms with Crippen molar-refractivity contribution in [3.8, 4) is 17.4 Å². The molecule has 7 heteroatoms. The van der Waals surface area contributed by atoms with Crippen molar-refractivity contribution in [2.45, 2.75) is 37.5 Å². The largest absolute Gasteiger partial charge is 0.493 e. The van der Waals surface area contributed by atoms with Gasteiger partial charge in [-0.3, -0.25) is 0 Å². The molecular formula is C26H28ClN3O2S. The minimum absolute atomic E-state index is 0.0412. The lowest BCUT2D eigenvalue weighted by atomic mass is 9.69. The van der Waals surface area contributed by atoms with E-state index < -0.39 is 0 Å². The molecule has 172 valence electrons. The van der Waals surface area contributed by atoms with Crippen LogP contribution in [0.3, 0.4) is 0 Å². The molecule has 5 nitrogen and oxygen atoms in total. The normalized spacial score (nSPS) is 14.8. The molecule has 2 N–H and O–H groups in total. The summed E-state index contributed by atoms with van der Waals surface area (Å²) >= 11 is 11.9. The molecule has 33 heavy (non-hydrogen) atoms. The Morgan fingerprint density at radius 3 is 2.52 bits per heavy atom. The van der Waals surface area contributed by atoms with Crippen LogP contribution in [0.25, 0.3) is 0 Å². The number of rotatable bonds is 7. The highest BCUT2D eigenvalue weighted by atomic mass is 35.5. The highest BCUT2D eigenvalue weighted by Crippen LogP contribution is 2.39. The van der Waals surface area contributed by atoms with Gasteiger partial charge in [0.2, 0.25) is 5.88 Å². The molecule has 3 aromatic rings. The first-order chi connectivity index (χ1) is 16.1. The van der Waals surface area contributed by atoms with Crippen LogP contribution in [-0.2, 0) is 5.41 Å². The molecule has 0 bridgehead atoms. The molecule has 0 aliphatic heterocycles. The van der Waals surface area contributed by atoms with E-state index in [1.165, 1.54) is 24.8 Å². The molecule has 0 unspecified atom stereocenters. The number of methoxy groups -OCH3 is 1. The number of nitrogens with zero attached hydrogens (tertiary/aromatic N) is 1. The fourth-order valence-corrected chi connectivity index (χ4v) is 4.75. The van der Waals surface area contributed by atoms with Gasteiger partial charge in [0, 0.05) is 23.0 Å². The number of pyridine rings is 1. The number of ether oxygens (including phenoxy) is 2. The van der Waals surface area contributed by atoms with E-state index in [1.54, 1.807) is 19.4 Å². The van der Waals surface area contributed by atoms with Crippen molar-refractivity contribution in [1.82, 2.24) is 10.3 Å². The first-order valence-corrected chi connectivity index (χ1v) is 11.9. The molecule has 2 aromatic carbocycles. The third-order valence-corrected chi connectivity index (χ3v) is 6.59. The van der Waals surface area contributed by atoms with Crippen molar-refractivity contribution >= 4 is 34.6 Å². The Hall–Kier alpha value is -2.83. The Balaban J connectivity index is 1.37. The van der Waals surface area contributed by atoms with E-state index in [2.05, 4.69) is 27.8 Å². The molecule has 4 rings (SSSR count). The monoisotopic (exact) mass is 481 g/mol. The van der Waals surface area contributed by atoms with E-state index in [9.17, 15) is 0 Å². The molecule has 0 atom stereocenters. The summed E-state index contributed by atoms with van der Waals surface area (Å²) in [5, 5.41) is 8.01. The van der Waals surface area contributed by atoms with Gasteiger partial charge in [-0.15, -0.1) is 0 Å². The van der Waals surface area contributed by atoms with Gasteiger partial charge in [-0.2, -0.15) is 0 Å². The number of hydrogen-bond donors (Lipinski definition) is 2. The summed E-state index contributed by atoms with van der Waals surface area (Å²) < 4.78 is 11.2. The SMILES string of the molecule is COc1ccccc1Oc1ccc(NC(=S)NCC2(c3cccc(Cl)c3)CCCCC2)cn1. The van der Waals surface area contributed by atoms with Crippen LogP contribution in [0.15, 0.2) is 66.9 Å². The van der Waals surface area contributed by atoms with Gasteiger partial charge >= 0.3 is 0 Å². The number of halogens is 1. The predicted molar refractivity (Wildman–Crippen MR) is 138 cm³/mol. The summed E-state index contributed by atoms with van der Waals surface area (Å²) in [6.07, 6.45) is 7.66. The first kappa shape index (κ1) is 23.3. The summed E-state index contributed by atoms with van der Waals surface area (Å²) in [4.78, 5) is 4.38. The van der Waals surface area contributed by atoms with Gasteiger partial charge in [-0.25, -0.2) is 4.98 Å². The minimum atomic E-state index is 0.0412. The Morgan fingerprint density at radius 2 is 1.82 bits per heavy atom. The second kappa shape index (κ2) is 10.9. The Morgan fingerprint density at radius 1 is 1.03 bits per heavy atom. The molecule has 0 saturated heterocycles. The second-order valence-corrected chi connectivity index (χ2v) is 9.14. The summed E-state index contributed by atoms with van der Waals surface area (Å²) in [7, 11) is 1.61. The fraction of sp³-hybridized carbons (Fsp3) is 0.308. The van der Waals surface area contributed by atoms with Crippen LogP contribution >= 0.6 is 23.8 Å². The molecule has 1 aliphatic rings. The van der Waals surface area contributed by atoms with Gasteiger partial charge in [0.25, 0.3) is 0 Å². The van der Waals surface area contributed by atoms with Crippen LogP contribution in [0.2, 0.25) is 5.02 Å². The zero-order valence-corrected chi connectivity index (χ0v) is 20.2. The number of para-hydroxylation sites is 2. The van der Waals surface area contributed by atoms with Crippen LogP contribution in [0, 0.1) is 0 Å². The zero-order chi connectivity index (χ0) is 23.1. The summed E-state index contributed by atoms with van der Waals surface area (Å²) in [6.45, 7) is 0.765. The number of hydrogen-bond acceptors (Lipinski definition) is 4. The fourth-order valence-electron chi connectivity index (χ4n) is 4.37.